The minimum absolute atomic E-state index is 0.107. The van der Waals surface area contributed by atoms with Gasteiger partial charge in [0.15, 0.2) is 0 Å². The predicted octanol–water partition coefficient (Wildman–Crippen LogP) is 0.401. The fourth-order valence-corrected chi connectivity index (χ4v) is 2.84. The van der Waals surface area contributed by atoms with Crippen molar-refractivity contribution < 1.29 is 43.1 Å². The van der Waals surface area contributed by atoms with Crippen LogP contribution < -0.4 is 0 Å². The summed E-state index contributed by atoms with van der Waals surface area (Å²) in [6.45, 7) is 7.19. The summed E-state index contributed by atoms with van der Waals surface area (Å²) in [6.07, 6.45) is -1.11. The minimum Gasteiger partial charge on any atom is -0.480 e. The SMILES string of the molecule is CC.CC(C)C(=O)N1CCN(C)CC1CN(CC(=O)O)C(=O)OCOP(=O)(O)O. The maximum atomic E-state index is 12.4. The van der Waals surface area contributed by atoms with E-state index in [-0.39, 0.29) is 18.4 Å². The lowest BCUT2D eigenvalue weighted by Gasteiger charge is -2.42. The molecule has 0 saturated carbocycles. The van der Waals surface area contributed by atoms with Gasteiger partial charge in [0.05, 0.1) is 6.04 Å². The highest BCUT2D eigenvalue weighted by molar-refractivity contribution is 7.46. The average Bonchev–Trinajstić information content (AvgIpc) is 2.61. The number of carbonyl (C=O) groups excluding carboxylic acids is 2. The molecule has 29 heavy (non-hydrogen) atoms. The van der Waals surface area contributed by atoms with Crippen molar-refractivity contribution in [3.05, 3.63) is 0 Å². The minimum atomic E-state index is -4.83. The lowest BCUT2D eigenvalue weighted by Crippen LogP contribution is -2.59. The van der Waals surface area contributed by atoms with Gasteiger partial charge >= 0.3 is 19.9 Å². The number of nitrogens with zero attached hydrogens (tertiary/aromatic N) is 3. The molecular formula is C16H32N3O9P. The van der Waals surface area contributed by atoms with Crippen molar-refractivity contribution in [1.82, 2.24) is 14.7 Å². The number of amides is 2. The molecule has 12 nitrogen and oxygen atoms in total. The zero-order chi connectivity index (χ0) is 22.8. The highest BCUT2D eigenvalue weighted by Crippen LogP contribution is 2.35. The summed E-state index contributed by atoms with van der Waals surface area (Å²) in [6, 6.07) is -0.451. The van der Waals surface area contributed by atoms with E-state index in [1.807, 2.05) is 25.8 Å². The molecule has 1 fully saturated rings. The van der Waals surface area contributed by atoms with Crippen LogP contribution in [0.15, 0.2) is 0 Å². The maximum absolute atomic E-state index is 12.4. The van der Waals surface area contributed by atoms with E-state index >= 15 is 0 Å². The van der Waals surface area contributed by atoms with Crippen LogP contribution in [0, 0.1) is 5.92 Å². The van der Waals surface area contributed by atoms with Gasteiger partial charge in [0.1, 0.15) is 6.54 Å². The van der Waals surface area contributed by atoms with Crippen LogP contribution in [0.25, 0.3) is 0 Å². The summed E-state index contributed by atoms with van der Waals surface area (Å²) >= 11 is 0. The quantitative estimate of drug-likeness (QED) is 0.356. The van der Waals surface area contributed by atoms with Crippen LogP contribution >= 0.6 is 7.82 Å². The van der Waals surface area contributed by atoms with Crippen molar-refractivity contribution in [3.63, 3.8) is 0 Å². The fraction of sp³-hybridized carbons (Fsp3) is 0.812. The Hall–Kier alpha value is -1.72. The molecule has 2 amide bonds. The molecule has 1 aliphatic rings. The van der Waals surface area contributed by atoms with Gasteiger partial charge in [0.25, 0.3) is 0 Å². The lowest BCUT2D eigenvalue weighted by molar-refractivity contribution is -0.140. The second kappa shape index (κ2) is 12.8. The first kappa shape index (κ1) is 27.3. The van der Waals surface area contributed by atoms with Gasteiger partial charge in [-0.05, 0) is 7.05 Å². The topological polar surface area (TPSA) is 157 Å². The molecule has 3 N–H and O–H groups in total. The Morgan fingerprint density at radius 3 is 2.28 bits per heavy atom. The van der Waals surface area contributed by atoms with Crippen LogP contribution in [-0.4, -0.2) is 100 Å². The molecule has 1 unspecified atom stereocenters. The number of likely N-dealkylation sites (N-methyl/N-ethyl adjacent to an activating group) is 1. The number of carboxylic acid groups (broad SMARTS) is 1. The molecule has 0 aromatic heterocycles. The van der Waals surface area contributed by atoms with Gasteiger partial charge in [-0.15, -0.1) is 0 Å². The lowest BCUT2D eigenvalue weighted by atomic mass is 10.1. The van der Waals surface area contributed by atoms with Crippen molar-refractivity contribution in [2.75, 3.05) is 46.6 Å². The van der Waals surface area contributed by atoms with E-state index in [1.54, 1.807) is 18.7 Å². The molecule has 0 aromatic rings. The van der Waals surface area contributed by atoms with Gasteiger partial charge in [0, 0.05) is 32.1 Å². The van der Waals surface area contributed by atoms with Crippen molar-refractivity contribution in [2.24, 2.45) is 5.92 Å². The third kappa shape index (κ3) is 10.6. The van der Waals surface area contributed by atoms with Crippen molar-refractivity contribution in [2.45, 2.75) is 33.7 Å². The number of phosphoric acid groups is 1. The van der Waals surface area contributed by atoms with Crippen molar-refractivity contribution in [3.8, 4) is 0 Å². The third-order valence-corrected chi connectivity index (χ3v) is 4.32. The van der Waals surface area contributed by atoms with Gasteiger partial charge in [0.2, 0.25) is 12.7 Å². The fourth-order valence-electron chi connectivity index (χ4n) is 2.65. The van der Waals surface area contributed by atoms with Crippen molar-refractivity contribution in [1.29, 1.82) is 0 Å². The van der Waals surface area contributed by atoms with Crippen LogP contribution in [0.2, 0.25) is 0 Å². The second-order valence-electron chi connectivity index (χ2n) is 6.52. The zero-order valence-corrected chi connectivity index (χ0v) is 18.4. The highest BCUT2D eigenvalue weighted by atomic mass is 31.2. The summed E-state index contributed by atoms with van der Waals surface area (Å²) in [5.74, 6) is -1.66. The number of hydrogen-bond acceptors (Lipinski definition) is 7. The molecule has 1 saturated heterocycles. The van der Waals surface area contributed by atoms with Crippen LogP contribution in [0.4, 0.5) is 4.79 Å². The van der Waals surface area contributed by atoms with Gasteiger partial charge < -0.3 is 29.4 Å². The van der Waals surface area contributed by atoms with Gasteiger partial charge in [-0.2, -0.15) is 0 Å². The van der Waals surface area contributed by atoms with E-state index in [1.165, 1.54) is 0 Å². The molecule has 1 heterocycles. The van der Waals surface area contributed by atoms with Gasteiger partial charge in [-0.3, -0.25) is 14.5 Å². The normalized spacial score (nSPS) is 17.4. The maximum Gasteiger partial charge on any atom is 0.472 e. The van der Waals surface area contributed by atoms with Crippen LogP contribution in [0.1, 0.15) is 27.7 Å². The molecule has 13 heteroatoms. The van der Waals surface area contributed by atoms with Crippen molar-refractivity contribution >= 4 is 25.8 Å². The van der Waals surface area contributed by atoms with E-state index in [0.717, 1.165) is 4.90 Å². The van der Waals surface area contributed by atoms with E-state index in [0.29, 0.717) is 19.6 Å². The smallest absolute Gasteiger partial charge is 0.472 e. The molecule has 1 aliphatic heterocycles. The van der Waals surface area contributed by atoms with E-state index in [4.69, 9.17) is 14.9 Å². The third-order valence-electron chi connectivity index (χ3n) is 3.88. The van der Waals surface area contributed by atoms with E-state index in [9.17, 15) is 18.9 Å². The Kier molecular flexibility index (Phi) is 12.0. The number of hydrogen-bond donors (Lipinski definition) is 3. The van der Waals surface area contributed by atoms with Gasteiger partial charge in [-0.25, -0.2) is 13.9 Å². The molecule has 1 rings (SSSR count). The standard InChI is InChI=1S/C14H26N3O9P.C2H6/c1-10(2)13(20)17-5-4-15(3)6-11(17)7-16(8-12(18)19)14(21)25-9-26-27(22,23)24;1-2/h10-11H,4-9H2,1-3H3,(H,18,19)(H2,22,23,24);1-2H3. The number of rotatable bonds is 8. The molecule has 0 spiro atoms. The molecule has 0 bridgehead atoms. The number of carbonyl (C=O) groups is 3. The Bertz CT molecular complexity index is 596. The number of aliphatic carboxylic acids is 1. The first-order valence-corrected chi connectivity index (χ1v) is 10.8. The number of phosphoric ester groups is 1. The second-order valence-corrected chi connectivity index (χ2v) is 7.76. The van der Waals surface area contributed by atoms with E-state index < -0.39 is 39.3 Å². The van der Waals surface area contributed by atoms with Gasteiger partial charge in [-0.1, -0.05) is 27.7 Å². The summed E-state index contributed by atoms with van der Waals surface area (Å²) in [5, 5.41) is 9.04. The molecule has 0 radical (unpaired) electrons. The largest absolute Gasteiger partial charge is 0.480 e. The molecule has 1 atom stereocenters. The van der Waals surface area contributed by atoms with E-state index in [2.05, 4.69) is 9.26 Å². The summed E-state index contributed by atoms with van der Waals surface area (Å²) in [4.78, 5) is 57.2. The Balaban J connectivity index is 0.00000379. The molecule has 0 aliphatic carbocycles. The Labute approximate surface area is 170 Å². The summed E-state index contributed by atoms with van der Waals surface area (Å²) in [5.41, 5.74) is 0. The monoisotopic (exact) mass is 441 g/mol. The molecule has 0 aromatic carbocycles. The zero-order valence-electron chi connectivity index (χ0n) is 17.5. The number of carboxylic acids is 1. The van der Waals surface area contributed by atoms with Crippen LogP contribution in [0.5, 0.6) is 0 Å². The average molecular weight is 441 g/mol. The van der Waals surface area contributed by atoms with Crippen LogP contribution in [-0.2, 0) is 23.4 Å². The highest BCUT2D eigenvalue weighted by Gasteiger charge is 2.33. The Morgan fingerprint density at radius 1 is 1.21 bits per heavy atom. The first-order valence-electron chi connectivity index (χ1n) is 9.23. The number of ether oxygens (including phenoxy) is 1. The predicted molar refractivity (Wildman–Crippen MR) is 103 cm³/mol. The molecular weight excluding hydrogens is 409 g/mol. The molecule has 170 valence electrons. The van der Waals surface area contributed by atoms with Crippen LogP contribution in [0.3, 0.4) is 0 Å². The Morgan fingerprint density at radius 2 is 1.79 bits per heavy atom. The summed E-state index contributed by atoms with van der Waals surface area (Å²) in [7, 11) is -2.98. The summed E-state index contributed by atoms with van der Waals surface area (Å²) < 4.78 is 19.2. The first-order chi connectivity index (χ1) is 13.4. The number of piperazine rings is 1.